The summed E-state index contributed by atoms with van der Waals surface area (Å²) < 4.78 is 38.1. The number of rotatable bonds is 2. The van der Waals surface area contributed by atoms with Crippen molar-refractivity contribution in [1.82, 2.24) is 9.80 Å². The van der Waals surface area contributed by atoms with Crippen LogP contribution in [0.1, 0.15) is 31.2 Å². The van der Waals surface area contributed by atoms with Crippen LogP contribution in [0.5, 0.6) is 0 Å². The maximum absolute atomic E-state index is 12.7. The largest absolute Gasteiger partial charge is 0.416 e. The fourth-order valence-corrected chi connectivity index (χ4v) is 3.29. The van der Waals surface area contributed by atoms with Crippen LogP contribution in [-0.2, 0) is 6.18 Å². The van der Waals surface area contributed by atoms with Gasteiger partial charge in [0.1, 0.15) is 0 Å². The van der Waals surface area contributed by atoms with E-state index in [9.17, 15) is 18.0 Å². The number of nitrogens with zero attached hydrogens (tertiary/aromatic N) is 2. The lowest BCUT2D eigenvalue weighted by atomic mass is 10.1. The van der Waals surface area contributed by atoms with Crippen molar-refractivity contribution >= 4 is 11.7 Å². The lowest BCUT2D eigenvalue weighted by Crippen LogP contribution is -2.62. The molecule has 1 aromatic carbocycles. The van der Waals surface area contributed by atoms with Crippen LogP contribution < -0.4 is 5.32 Å². The molecular weight excluding hydrogens is 319 g/mol. The smallest absolute Gasteiger partial charge is 0.321 e. The summed E-state index contributed by atoms with van der Waals surface area (Å²) in [6, 6.07) is 4.78. The van der Waals surface area contributed by atoms with E-state index < -0.39 is 11.7 Å². The van der Waals surface area contributed by atoms with Crippen LogP contribution in [0.25, 0.3) is 0 Å². The average molecular weight is 341 g/mol. The van der Waals surface area contributed by atoms with E-state index in [0.717, 1.165) is 25.2 Å². The van der Waals surface area contributed by atoms with Gasteiger partial charge in [0.25, 0.3) is 0 Å². The van der Waals surface area contributed by atoms with Gasteiger partial charge in [-0.2, -0.15) is 13.2 Å². The molecule has 1 aromatic rings. The molecule has 3 rings (SSSR count). The number of halogens is 3. The van der Waals surface area contributed by atoms with Gasteiger partial charge in [-0.15, -0.1) is 0 Å². The summed E-state index contributed by atoms with van der Waals surface area (Å²) in [5, 5.41) is 2.56. The van der Waals surface area contributed by atoms with Crippen LogP contribution in [0.15, 0.2) is 24.3 Å². The topological polar surface area (TPSA) is 35.6 Å². The predicted molar refractivity (Wildman–Crippen MR) is 85.9 cm³/mol. The third-order valence-corrected chi connectivity index (χ3v) is 4.75. The zero-order chi connectivity index (χ0) is 17.2. The molecule has 0 atom stereocenters. The van der Waals surface area contributed by atoms with Gasteiger partial charge in [0.2, 0.25) is 0 Å². The monoisotopic (exact) mass is 341 g/mol. The first-order chi connectivity index (χ1) is 11.4. The van der Waals surface area contributed by atoms with Crippen molar-refractivity contribution in [2.45, 2.75) is 37.9 Å². The summed E-state index contributed by atoms with van der Waals surface area (Å²) in [6.45, 7) is 3.44. The lowest BCUT2D eigenvalue weighted by molar-refractivity contribution is -0.137. The molecule has 0 saturated carbocycles. The van der Waals surface area contributed by atoms with Crippen molar-refractivity contribution in [2.24, 2.45) is 0 Å². The Kier molecular flexibility index (Phi) is 4.99. The number of hydrogen-bond donors (Lipinski definition) is 1. The van der Waals surface area contributed by atoms with E-state index in [2.05, 4.69) is 10.2 Å². The molecule has 2 amide bonds. The molecular formula is C17H22F3N3O. The Labute approximate surface area is 139 Å². The van der Waals surface area contributed by atoms with Gasteiger partial charge < -0.3 is 10.2 Å². The van der Waals surface area contributed by atoms with Crippen LogP contribution in [0.3, 0.4) is 0 Å². The first-order valence-electron chi connectivity index (χ1n) is 8.41. The lowest BCUT2D eigenvalue weighted by Gasteiger charge is -2.45. The number of alkyl halides is 3. The first kappa shape index (κ1) is 17.1. The highest BCUT2D eigenvalue weighted by molar-refractivity contribution is 5.90. The van der Waals surface area contributed by atoms with Crippen molar-refractivity contribution < 1.29 is 18.0 Å². The summed E-state index contributed by atoms with van der Waals surface area (Å²) >= 11 is 0. The first-order valence-corrected chi connectivity index (χ1v) is 8.41. The maximum Gasteiger partial charge on any atom is 0.416 e. The van der Waals surface area contributed by atoms with E-state index in [-0.39, 0.29) is 11.7 Å². The second-order valence-electron chi connectivity index (χ2n) is 6.52. The van der Waals surface area contributed by atoms with Crippen molar-refractivity contribution in [2.75, 3.05) is 31.5 Å². The highest BCUT2D eigenvalue weighted by atomic mass is 19.4. The fraction of sp³-hybridized carbons (Fsp3) is 0.588. The van der Waals surface area contributed by atoms with Crippen molar-refractivity contribution in [3.8, 4) is 0 Å². The molecule has 7 heteroatoms. The molecule has 2 saturated heterocycles. The van der Waals surface area contributed by atoms with Crippen molar-refractivity contribution in [1.29, 1.82) is 0 Å². The van der Waals surface area contributed by atoms with Crippen molar-refractivity contribution in [3.63, 3.8) is 0 Å². The number of urea groups is 1. The summed E-state index contributed by atoms with van der Waals surface area (Å²) in [5.41, 5.74) is -0.584. The SMILES string of the molecule is O=C(Nc1cccc(C(F)(F)F)c1)N1CC(N2CCCCCC2)C1. The molecule has 2 aliphatic heterocycles. The van der Waals surface area contributed by atoms with Gasteiger partial charge in [-0.25, -0.2) is 4.79 Å². The number of carbonyl (C=O) groups is 1. The quantitative estimate of drug-likeness (QED) is 0.888. The minimum Gasteiger partial charge on any atom is -0.321 e. The van der Waals surface area contributed by atoms with Crippen molar-refractivity contribution in [3.05, 3.63) is 29.8 Å². The number of benzene rings is 1. The van der Waals surface area contributed by atoms with Gasteiger partial charge in [-0.3, -0.25) is 4.90 Å². The van der Waals surface area contributed by atoms with E-state index in [1.54, 1.807) is 4.90 Å². The molecule has 4 nitrogen and oxygen atoms in total. The second-order valence-corrected chi connectivity index (χ2v) is 6.52. The normalized spacial score (nSPS) is 20.4. The Bertz CT molecular complexity index is 577. The molecule has 0 aliphatic carbocycles. The van der Waals surface area contributed by atoms with E-state index in [1.165, 1.54) is 37.8 Å². The van der Waals surface area contributed by atoms with Crippen LogP contribution in [0, 0.1) is 0 Å². The van der Waals surface area contributed by atoms with Gasteiger partial charge in [-0.1, -0.05) is 18.9 Å². The van der Waals surface area contributed by atoms with E-state index in [4.69, 9.17) is 0 Å². The summed E-state index contributed by atoms with van der Waals surface area (Å²) in [7, 11) is 0. The van der Waals surface area contributed by atoms with Gasteiger partial charge in [-0.05, 0) is 44.1 Å². The minimum atomic E-state index is -4.41. The Morgan fingerprint density at radius 1 is 1.08 bits per heavy atom. The highest BCUT2D eigenvalue weighted by Gasteiger charge is 2.35. The number of nitrogens with one attached hydrogen (secondary N) is 1. The van der Waals surface area contributed by atoms with E-state index in [0.29, 0.717) is 19.1 Å². The maximum atomic E-state index is 12.7. The van der Waals surface area contributed by atoms with Crippen LogP contribution in [0.2, 0.25) is 0 Å². The molecule has 0 bridgehead atoms. The van der Waals surface area contributed by atoms with Gasteiger partial charge in [0.05, 0.1) is 5.56 Å². The number of amides is 2. The predicted octanol–water partition coefficient (Wildman–Crippen LogP) is 3.80. The van der Waals surface area contributed by atoms with Crippen LogP contribution in [-0.4, -0.2) is 48.1 Å². The van der Waals surface area contributed by atoms with E-state index >= 15 is 0 Å². The zero-order valence-electron chi connectivity index (χ0n) is 13.5. The minimum absolute atomic E-state index is 0.174. The molecule has 0 aromatic heterocycles. The molecule has 0 unspecified atom stereocenters. The summed E-state index contributed by atoms with van der Waals surface area (Å²) in [5.74, 6) is 0. The molecule has 2 heterocycles. The zero-order valence-corrected chi connectivity index (χ0v) is 13.5. The Hall–Kier alpha value is -1.76. The average Bonchev–Trinajstić information content (AvgIpc) is 2.74. The van der Waals surface area contributed by atoms with Gasteiger partial charge >= 0.3 is 12.2 Å². The summed E-state index contributed by atoms with van der Waals surface area (Å²) in [6.07, 6.45) is 0.529. The molecule has 2 fully saturated rings. The molecule has 0 radical (unpaired) electrons. The van der Waals surface area contributed by atoms with E-state index in [1.807, 2.05) is 0 Å². The third kappa shape index (κ3) is 4.01. The molecule has 2 aliphatic rings. The Morgan fingerprint density at radius 2 is 1.75 bits per heavy atom. The number of carbonyl (C=O) groups excluding carboxylic acids is 1. The van der Waals surface area contributed by atoms with Gasteiger partial charge in [0, 0.05) is 24.8 Å². The summed E-state index contributed by atoms with van der Waals surface area (Å²) in [4.78, 5) is 16.2. The van der Waals surface area contributed by atoms with Crippen LogP contribution in [0.4, 0.5) is 23.7 Å². The van der Waals surface area contributed by atoms with Gasteiger partial charge in [0.15, 0.2) is 0 Å². The molecule has 0 spiro atoms. The standard InChI is InChI=1S/C17H22F3N3O/c18-17(19,20)13-6-5-7-14(10-13)21-16(24)23-11-15(12-23)22-8-3-1-2-4-9-22/h5-7,10,15H,1-4,8-9,11-12H2,(H,21,24). The number of hydrogen-bond acceptors (Lipinski definition) is 2. The molecule has 24 heavy (non-hydrogen) atoms. The van der Waals surface area contributed by atoms with Crippen LogP contribution >= 0.6 is 0 Å². The Balaban J connectivity index is 1.52. The molecule has 132 valence electrons. The third-order valence-electron chi connectivity index (χ3n) is 4.75. The number of anilines is 1. The molecule has 1 N–H and O–H groups in total. The fourth-order valence-electron chi connectivity index (χ4n) is 3.29. The second kappa shape index (κ2) is 7.01. The Morgan fingerprint density at radius 3 is 2.38 bits per heavy atom. The highest BCUT2D eigenvalue weighted by Crippen LogP contribution is 2.31. The number of likely N-dealkylation sites (tertiary alicyclic amines) is 2.